The summed E-state index contributed by atoms with van der Waals surface area (Å²) in [5.74, 6) is 0.529. The molecule has 0 unspecified atom stereocenters. The monoisotopic (exact) mass is 239 g/mol. The molecule has 0 aromatic heterocycles. The number of hydrogen-bond acceptors (Lipinski definition) is 4. The van der Waals surface area contributed by atoms with Gasteiger partial charge in [-0.15, -0.1) is 0 Å². The summed E-state index contributed by atoms with van der Waals surface area (Å²) in [6.07, 6.45) is -0.773. The number of aromatic hydroxyl groups is 1. The molecule has 4 nitrogen and oxygen atoms in total. The normalized spacial score (nSPS) is 15.4. The molecule has 0 saturated carbocycles. The van der Waals surface area contributed by atoms with E-state index < -0.39 is 12.1 Å². The molecule has 0 bridgehead atoms. The molecule has 17 heavy (non-hydrogen) atoms. The first-order valence-electron chi connectivity index (χ1n) is 5.58. The van der Waals surface area contributed by atoms with Gasteiger partial charge in [0.05, 0.1) is 24.8 Å². The number of methoxy groups -OCH3 is 1. The fourth-order valence-corrected chi connectivity index (χ4v) is 1.74. The second-order valence-corrected chi connectivity index (χ2v) is 5.23. The van der Waals surface area contributed by atoms with Crippen molar-refractivity contribution in [2.75, 3.05) is 7.11 Å². The van der Waals surface area contributed by atoms with Crippen molar-refractivity contribution in [3.8, 4) is 11.5 Å². The molecule has 4 N–H and O–H groups in total. The molecule has 0 spiro atoms. The SMILES string of the molecule is COc1cccc(O)c1[C@@H](N)[C@@H](O)C(C)(C)C. The molecule has 0 fully saturated rings. The summed E-state index contributed by atoms with van der Waals surface area (Å²) in [4.78, 5) is 0. The maximum atomic E-state index is 10.2. The number of hydrogen-bond donors (Lipinski definition) is 3. The van der Waals surface area contributed by atoms with Gasteiger partial charge < -0.3 is 20.7 Å². The Morgan fingerprint density at radius 2 is 1.88 bits per heavy atom. The Kier molecular flexibility index (Phi) is 4.01. The Bertz CT molecular complexity index is 385. The van der Waals surface area contributed by atoms with Crippen LogP contribution in [0.25, 0.3) is 0 Å². The Hall–Kier alpha value is -1.26. The number of rotatable bonds is 3. The van der Waals surface area contributed by atoms with Crippen molar-refractivity contribution in [1.29, 1.82) is 0 Å². The lowest BCUT2D eigenvalue weighted by Crippen LogP contribution is -2.37. The van der Waals surface area contributed by atoms with E-state index in [0.717, 1.165) is 0 Å². The van der Waals surface area contributed by atoms with Crippen LogP contribution in [0.3, 0.4) is 0 Å². The smallest absolute Gasteiger partial charge is 0.127 e. The van der Waals surface area contributed by atoms with Crippen LogP contribution >= 0.6 is 0 Å². The highest BCUT2D eigenvalue weighted by molar-refractivity contribution is 5.46. The molecule has 2 atom stereocenters. The second kappa shape index (κ2) is 4.94. The third-order valence-electron chi connectivity index (χ3n) is 2.82. The summed E-state index contributed by atoms with van der Waals surface area (Å²) in [5.41, 5.74) is 6.09. The first-order chi connectivity index (χ1) is 7.79. The van der Waals surface area contributed by atoms with E-state index in [2.05, 4.69) is 0 Å². The van der Waals surface area contributed by atoms with Gasteiger partial charge in [0.25, 0.3) is 0 Å². The Morgan fingerprint density at radius 3 is 2.35 bits per heavy atom. The topological polar surface area (TPSA) is 75.7 Å². The molecule has 0 saturated heterocycles. The molecule has 1 rings (SSSR count). The molecule has 0 amide bonds. The number of ether oxygens (including phenoxy) is 1. The van der Waals surface area contributed by atoms with Crippen molar-refractivity contribution in [2.24, 2.45) is 11.1 Å². The zero-order valence-corrected chi connectivity index (χ0v) is 10.8. The largest absolute Gasteiger partial charge is 0.507 e. The minimum Gasteiger partial charge on any atom is -0.507 e. The quantitative estimate of drug-likeness (QED) is 0.752. The predicted molar refractivity (Wildman–Crippen MR) is 67.0 cm³/mol. The average molecular weight is 239 g/mol. The van der Waals surface area contributed by atoms with Crippen molar-refractivity contribution in [3.05, 3.63) is 23.8 Å². The zero-order chi connectivity index (χ0) is 13.2. The highest BCUT2D eigenvalue weighted by atomic mass is 16.5. The van der Waals surface area contributed by atoms with Gasteiger partial charge in [-0.25, -0.2) is 0 Å². The van der Waals surface area contributed by atoms with Crippen molar-refractivity contribution >= 4 is 0 Å². The lowest BCUT2D eigenvalue weighted by molar-refractivity contribution is 0.0388. The van der Waals surface area contributed by atoms with Crippen LogP contribution in [0, 0.1) is 5.41 Å². The third-order valence-corrected chi connectivity index (χ3v) is 2.82. The molecule has 0 aliphatic rings. The van der Waals surface area contributed by atoms with E-state index in [1.807, 2.05) is 20.8 Å². The lowest BCUT2D eigenvalue weighted by Gasteiger charge is -2.31. The van der Waals surface area contributed by atoms with Crippen LogP contribution in [-0.2, 0) is 0 Å². The van der Waals surface area contributed by atoms with Gasteiger partial charge in [-0.05, 0) is 17.5 Å². The first-order valence-corrected chi connectivity index (χ1v) is 5.58. The summed E-state index contributed by atoms with van der Waals surface area (Å²) in [6.45, 7) is 5.68. The first kappa shape index (κ1) is 13.8. The maximum Gasteiger partial charge on any atom is 0.127 e. The van der Waals surface area contributed by atoms with Gasteiger partial charge in [-0.2, -0.15) is 0 Å². The number of aliphatic hydroxyl groups is 1. The van der Waals surface area contributed by atoms with Crippen molar-refractivity contribution in [3.63, 3.8) is 0 Å². The van der Waals surface area contributed by atoms with Crippen molar-refractivity contribution in [2.45, 2.75) is 32.9 Å². The van der Waals surface area contributed by atoms with E-state index in [9.17, 15) is 10.2 Å². The average Bonchev–Trinajstić information content (AvgIpc) is 2.25. The standard InChI is InChI=1S/C13H21NO3/c1-13(2,3)12(16)11(14)10-8(15)6-5-7-9(10)17-4/h5-7,11-12,15-16H,14H2,1-4H3/t11-,12-/m1/s1. The minimum atomic E-state index is -0.773. The number of phenols is 1. The van der Waals surface area contributed by atoms with Gasteiger partial charge in [0.2, 0.25) is 0 Å². The van der Waals surface area contributed by atoms with Gasteiger partial charge in [0.15, 0.2) is 0 Å². The summed E-state index contributed by atoms with van der Waals surface area (Å²) >= 11 is 0. The van der Waals surface area contributed by atoms with Crippen molar-refractivity contribution in [1.82, 2.24) is 0 Å². The van der Waals surface area contributed by atoms with E-state index in [1.165, 1.54) is 13.2 Å². The Labute approximate surface area is 102 Å². The van der Waals surface area contributed by atoms with E-state index in [-0.39, 0.29) is 11.2 Å². The summed E-state index contributed by atoms with van der Waals surface area (Å²) in [5, 5.41) is 20.0. The molecule has 1 aromatic rings. The predicted octanol–water partition coefficient (Wildman–Crippen LogP) is 1.81. The second-order valence-electron chi connectivity index (χ2n) is 5.23. The fraction of sp³-hybridized carbons (Fsp3) is 0.538. The molecular formula is C13H21NO3. The van der Waals surface area contributed by atoms with Crippen LogP contribution in [0.1, 0.15) is 32.4 Å². The lowest BCUT2D eigenvalue weighted by atomic mass is 9.82. The van der Waals surface area contributed by atoms with Crippen molar-refractivity contribution < 1.29 is 14.9 Å². The molecule has 0 aliphatic carbocycles. The van der Waals surface area contributed by atoms with Gasteiger partial charge in [0, 0.05) is 0 Å². The molecule has 0 radical (unpaired) electrons. The van der Waals surface area contributed by atoms with Crippen LogP contribution in [0.2, 0.25) is 0 Å². The Balaban J connectivity index is 3.16. The summed E-state index contributed by atoms with van der Waals surface area (Å²) in [6, 6.07) is 4.23. The zero-order valence-electron chi connectivity index (χ0n) is 10.8. The number of phenolic OH excluding ortho intramolecular Hbond substituents is 1. The molecule has 96 valence electrons. The van der Waals surface area contributed by atoms with E-state index >= 15 is 0 Å². The van der Waals surface area contributed by atoms with Crippen LogP contribution < -0.4 is 10.5 Å². The maximum absolute atomic E-state index is 10.2. The summed E-state index contributed by atoms with van der Waals surface area (Å²) in [7, 11) is 1.51. The Morgan fingerprint density at radius 1 is 1.29 bits per heavy atom. The van der Waals surface area contributed by atoms with Crippen LogP contribution in [0.5, 0.6) is 11.5 Å². The van der Waals surface area contributed by atoms with Gasteiger partial charge in [-0.3, -0.25) is 0 Å². The van der Waals surface area contributed by atoms with E-state index in [1.54, 1.807) is 12.1 Å². The third kappa shape index (κ3) is 2.90. The summed E-state index contributed by atoms with van der Waals surface area (Å²) < 4.78 is 5.16. The number of nitrogens with two attached hydrogens (primary N) is 1. The molecule has 0 heterocycles. The number of aliphatic hydroxyl groups excluding tert-OH is 1. The van der Waals surface area contributed by atoms with Gasteiger partial charge >= 0.3 is 0 Å². The number of benzene rings is 1. The molecule has 0 aliphatic heterocycles. The van der Waals surface area contributed by atoms with Gasteiger partial charge in [-0.1, -0.05) is 26.8 Å². The van der Waals surface area contributed by atoms with Crippen LogP contribution in [0.15, 0.2) is 18.2 Å². The van der Waals surface area contributed by atoms with Gasteiger partial charge in [0.1, 0.15) is 11.5 Å². The van der Waals surface area contributed by atoms with Crippen LogP contribution in [0.4, 0.5) is 0 Å². The molecule has 1 aromatic carbocycles. The minimum absolute atomic E-state index is 0.0418. The molecular weight excluding hydrogens is 218 g/mol. The molecule has 4 heteroatoms. The van der Waals surface area contributed by atoms with E-state index in [0.29, 0.717) is 11.3 Å². The fourth-order valence-electron chi connectivity index (χ4n) is 1.74. The van der Waals surface area contributed by atoms with E-state index in [4.69, 9.17) is 10.5 Å². The highest BCUT2D eigenvalue weighted by Crippen LogP contribution is 2.37. The van der Waals surface area contributed by atoms with Crippen LogP contribution in [-0.4, -0.2) is 23.4 Å². The highest BCUT2D eigenvalue weighted by Gasteiger charge is 2.32.